The van der Waals surface area contributed by atoms with E-state index in [1.54, 1.807) is 0 Å². The van der Waals surface area contributed by atoms with Gasteiger partial charge in [0.25, 0.3) is 11.1 Å². The van der Waals surface area contributed by atoms with Gasteiger partial charge in [-0.05, 0) is 0 Å². The molecule has 4 aromatic rings. The molecule has 4 atom stereocenters. The Balaban J connectivity index is 0.000000218. The Morgan fingerprint density at radius 2 is 1.69 bits per heavy atom. The third kappa shape index (κ3) is 5.05. The first kappa shape index (κ1) is 24.4. The summed E-state index contributed by atoms with van der Waals surface area (Å²) in [4.78, 5) is 80.7. The molecule has 4 aromatic heterocycles. The summed E-state index contributed by atoms with van der Waals surface area (Å²) in [6.07, 6.45) is -3.08. The Morgan fingerprint density at radius 3 is 2.40 bits per heavy atom. The second-order valence-corrected chi connectivity index (χ2v) is 8.36. The van der Waals surface area contributed by atoms with Crippen LogP contribution in [-0.2, 0) is 13.8 Å². The van der Waals surface area contributed by atoms with Crippen molar-refractivity contribution in [3.8, 4) is 0 Å². The number of hydrogen-bond acceptors (Lipinski definition) is 11. The third-order valence-electron chi connectivity index (χ3n) is 4.81. The molecule has 0 radical (unpaired) electrons. The number of aliphatic hydroxyl groups excluding tert-OH is 2. The Hall–Kier alpha value is -3.71. The summed E-state index contributed by atoms with van der Waals surface area (Å²) in [7, 11) is -4.78. The fourth-order valence-corrected chi connectivity index (χ4v) is 3.62. The number of rotatable bonds is 4. The second-order valence-electron chi connectivity index (χ2n) is 7.12. The van der Waals surface area contributed by atoms with Crippen LogP contribution in [0, 0.1) is 0 Å². The van der Waals surface area contributed by atoms with Crippen LogP contribution in [-0.4, -0.2) is 84.4 Å². The van der Waals surface area contributed by atoms with Gasteiger partial charge in [0.15, 0.2) is 17.4 Å². The highest BCUT2D eigenvalue weighted by atomic mass is 31.2. The second kappa shape index (κ2) is 9.15. The molecule has 0 unspecified atom stereocenters. The summed E-state index contributed by atoms with van der Waals surface area (Å²) in [6.45, 7) is -0.678. The van der Waals surface area contributed by atoms with Crippen molar-refractivity contribution in [1.82, 2.24) is 39.5 Å². The van der Waals surface area contributed by atoms with E-state index < -0.39 is 61.5 Å². The van der Waals surface area contributed by atoms with Gasteiger partial charge in [-0.25, -0.2) is 24.1 Å². The van der Waals surface area contributed by atoms with Gasteiger partial charge in [0, 0.05) is 0 Å². The molecule has 0 spiro atoms. The van der Waals surface area contributed by atoms with Crippen LogP contribution in [0.15, 0.2) is 31.8 Å². The van der Waals surface area contributed by atoms with Gasteiger partial charge < -0.3 is 29.7 Å². The van der Waals surface area contributed by atoms with Crippen LogP contribution < -0.4 is 22.5 Å². The van der Waals surface area contributed by atoms with Crippen LogP contribution in [0.1, 0.15) is 6.23 Å². The number of ether oxygens (including phenoxy) is 1. The highest BCUT2D eigenvalue weighted by molar-refractivity contribution is 7.46. The van der Waals surface area contributed by atoms with Crippen LogP contribution in [0.5, 0.6) is 0 Å². The Bertz CT molecular complexity index is 1640. The van der Waals surface area contributed by atoms with E-state index in [4.69, 9.17) is 14.5 Å². The van der Waals surface area contributed by atoms with E-state index in [0.29, 0.717) is 0 Å². The minimum Gasteiger partial charge on any atom is -0.387 e. The molecular formula is C15H17N8O11P. The molecule has 1 saturated heterocycles. The number of H-pyrrole nitrogens is 5. The van der Waals surface area contributed by atoms with E-state index in [2.05, 4.69) is 34.4 Å². The topological polar surface area (TPSA) is 294 Å². The highest BCUT2D eigenvalue weighted by Crippen LogP contribution is 2.38. The number of hydrogen-bond donors (Lipinski definition) is 9. The Morgan fingerprint density at radius 1 is 1.00 bits per heavy atom. The van der Waals surface area contributed by atoms with E-state index in [1.807, 2.05) is 4.98 Å². The zero-order valence-corrected chi connectivity index (χ0v) is 18.0. The van der Waals surface area contributed by atoms with Crippen LogP contribution in [0.2, 0.25) is 0 Å². The quantitative estimate of drug-likeness (QED) is 0.117. The van der Waals surface area contributed by atoms with E-state index in [1.165, 1.54) is 6.33 Å². The van der Waals surface area contributed by atoms with Crippen LogP contribution >= 0.6 is 7.82 Å². The average molecular weight is 516 g/mol. The van der Waals surface area contributed by atoms with Crippen molar-refractivity contribution >= 4 is 30.2 Å². The summed E-state index contributed by atoms with van der Waals surface area (Å²) in [5.74, 6) is 0. The van der Waals surface area contributed by atoms with Crippen LogP contribution in [0.25, 0.3) is 22.3 Å². The molecule has 5 rings (SSSR count). The first-order valence-electron chi connectivity index (χ1n) is 9.51. The van der Waals surface area contributed by atoms with Crippen molar-refractivity contribution in [3.63, 3.8) is 0 Å². The number of phosphoric ester groups is 1. The lowest BCUT2D eigenvalue weighted by molar-refractivity contribution is -0.0504. The van der Waals surface area contributed by atoms with Crippen molar-refractivity contribution in [1.29, 1.82) is 0 Å². The lowest BCUT2D eigenvalue weighted by Crippen LogP contribution is -2.33. The number of aliphatic hydroxyl groups is 2. The van der Waals surface area contributed by atoms with Crippen molar-refractivity contribution < 1.29 is 33.8 Å². The summed E-state index contributed by atoms with van der Waals surface area (Å²) in [6, 6.07) is 0. The SMILES string of the molecule is O=c1[nH]c(=O)c2[nH]cnc2[nH]1.O=c1[nH]c(=O)c2ncn([C@@H]3O[C@H](COP(=O)(O)O)[C@@H](O)[C@H]3O)c2[nH]1. The maximum Gasteiger partial charge on any atom is 0.469 e. The lowest BCUT2D eigenvalue weighted by Gasteiger charge is -2.16. The first-order valence-corrected chi connectivity index (χ1v) is 11.0. The molecule has 20 heteroatoms. The van der Waals surface area contributed by atoms with Gasteiger partial charge in [0.2, 0.25) is 0 Å². The van der Waals surface area contributed by atoms with E-state index in [9.17, 15) is 34.0 Å². The van der Waals surface area contributed by atoms with Gasteiger partial charge in [-0.3, -0.25) is 38.6 Å². The van der Waals surface area contributed by atoms with E-state index in [0.717, 1.165) is 10.9 Å². The lowest BCUT2D eigenvalue weighted by atomic mass is 10.1. The van der Waals surface area contributed by atoms with Gasteiger partial charge in [0.05, 0.1) is 19.3 Å². The van der Waals surface area contributed by atoms with Gasteiger partial charge in [0.1, 0.15) is 29.5 Å². The highest BCUT2D eigenvalue weighted by Gasteiger charge is 2.45. The molecule has 0 aromatic carbocycles. The van der Waals surface area contributed by atoms with E-state index in [-0.39, 0.29) is 22.3 Å². The van der Waals surface area contributed by atoms with Crippen molar-refractivity contribution in [3.05, 3.63) is 54.3 Å². The molecule has 9 N–H and O–H groups in total. The molecule has 0 bridgehead atoms. The molecule has 1 aliphatic heterocycles. The predicted octanol–water partition coefficient (Wildman–Crippen LogP) is -3.92. The fraction of sp³-hybridized carbons (Fsp3) is 0.333. The molecule has 5 heterocycles. The fourth-order valence-electron chi connectivity index (χ4n) is 3.28. The molecule has 19 nitrogen and oxygen atoms in total. The molecule has 0 saturated carbocycles. The molecular weight excluding hydrogens is 499 g/mol. The van der Waals surface area contributed by atoms with Crippen molar-refractivity contribution in [2.45, 2.75) is 24.5 Å². The van der Waals surface area contributed by atoms with Gasteiger partial charge in [-0.15, -0.1) is 0 Å². The third-order valence-corrected chi connectivity index (χ3v) is 5.30. The molecule has 0 aliphatic carbocycles. The first-order chi connectivity index (χ1) is 16.4. The minimum atomic E-state index is -4.78. The number of nitrogens with one attached hydrogen (secondary N) is 5. The van der Waals surface area contributed by atoms with Crippen molar-refractivity contribution in [2.24, 2.45) is 0 Å². The predicted molar refractivity (Wildman–Crippen MR) is 112 cm³/mol. The maximum absolute atomic E-state index is 11.6. The number of nitrogens with zero attached hydrogens (tertiary/aromatic N) is 3. The summed E-state index contributed by atoms with van der Waals surface area (Å²) in [5.41, 5.74) is -2.16. The standard InChI is InChI=1S/C10H13N4O9P.C5H4N4O2/c15-5-3(1-22-24(19,20)21)23-9(6(5)16)14-2-11-4-7(14)12-10(18)13-8(4)17;10-4-2-3(7-1-6-2)8-5(11)9-4/h2-3,5-6,9,15-16H,1H2,(H2,19,20,21)(H2,12,13,17,18);1H,(H3,6,7,8,9,10,11)/t3-,5-,6-,9-;/m1./s1. The molecule has 1 aliphatic rings. The maximum atomic E-state index is 11.6. The minimum absolute atomic E-state index is 0.0449. The smallest absolute Gasteiger partial charge is 0.387 e. The van der Waals surface area contributed by atoms with E-state index >= 15 is 0 Å². The number of aromatic amines is 5. The van der Waals surface area contributed by atoms with Gasteiger partial charge in [-0.2, -0.15) is 0 Å². The number of imidazole rings is 2. The van der Waals surface area contributed by atoms with Gasteiger partial charge >= 0.3 is 19.2 Å². The largest absolute Gasteiger partial charge is 0.469 e. The normalized spacial score (nSPS) is 22.4. The number of phosphoric acid groups is 1. The summed E-state index contributed by atoms with van der Waals surface area (Å²) < 4.78 is 21.4. The monoisotopic (exact) mass is 516 g/mol. The molecule has 188 valence electrons. The Labute approximate surface area is 189 Å². The molecule has 1 fully saturated rings. The molecule has 35 heavy (non-hydrogen) atoms. The molecule has 0 amide bonds. The average Bonchev–Trinajstić information content (AvgIpc) is 3.46. The Kier molecular flexibility index (Phi) is 6.38. The van der Waals surface area contributed by atoms with Crippen LogP contribution in [0.3, 0.4) is 0 Å². The van der Waals surface area contributed by atoms with Crippen LogP contribution in [0.4, 0.5) is 0 Å². The zero-order valence-electron chi connectivity index (χ0n) is 17.1. The number of fused-ring (bicyclic) bond motifs is 2. The zero-order chi connectivity index (χ0) is 25.5. The van der Waals surface area contributed by atoms with Gasteiger partial charge in [-0.1, -0.05) is 0 Å². The summed E-state index contributed by atoms with van der Waals surface area (Å²) >= 11 is 0. The summed E-state index contributed by atoms with van der Waals surface area (Å²) in [5, 5.41) is 20.0. The van der Waals surface area contributed by atoms with Crippen molar-refractivity contribution in [2.75, 3.05) is 6.61 Å². The number of aromatic nitrogens is 8.